The van der Waals surface area contributed by atoms with Gasteiger partial charge in [-0.15, -0.1) is 0 Å². The maximum absolute atomic E-state index is 14.6. The van der Waals surface area contributed by atoms with Crippen LogP contribution in [0.15, 0.2) is 48.5 Å². The van der Waals surface area contributed by atoms with Gasteiger partial charge in [0.2, 0.25) is 0 Å². The largest absolute Gasteiger partial charge is 0.450 e. The number of ether oxygens (including phenoxy) is 2. The van der Waals surface area contributed by atoms with Gasteiger partial charge in [-0.1, -0.05) is 50.0 Å². The standard InChI is InChI=1S/C25H32F2N2O4Si/c1-34(2,3)14-13-32-24(30)28-20-10-12-23(21-15-19(26)9-11-22(21)27)29(16-20)25(31)33-17-18-7-5-4-6-8-18/h4-9,11,15,20,23H,10,12-14,16-17H2,1-3H3,(H,28,30)/t20?,23-/m1/s1. The molecule has 34 heavy (non-hydrogen) atoms. The zero-order valence-electron chi connectivity index (χ0n) is 19.9. The van der Waals surface area contributed by atoms with Crippen LogP contribution in [0.2, 0.25) is 25.7 Å². The number of amides is 2. The van der Waals surface area contributed by atoms with Crippen molar-refractivity contribution in [3.8, 4) is 0 Å². The molecule has 6 nitrogen and oxygen atoms in total. The molecule has 184 valence electrons. The predicted molar refractivity (Wildman–Crippen MR) is 128 cm³/mol. The Kier molecular flexibility index (Phi) is 8.65. The highest BCUT2D eigenvalue weighted by Crippen LogP contribution is 2.33. The van der Waals surface area contributed by atoms with Crippen LogP contribution in [0.3, 0.4) is 0 Å². The minimum absolute atomic E-state index is 0.0470. The quantitative estimate of drug-likeness (QED) is 0.493. The predicted octanol–water partition coefficient (Wildman–Crippen LogP) is 5.87. The number of carbonyl (C=O) groups is 2. The molecule has 1 aliphatic heterocycles. The molecule has 0 aliphatic carbocycles. The molecule has 2 aromatic rings. The molecule has 1 aliphatic rings. The van der Waals surface area contributed by atoms with Gasteiger partial charge in [0.05, 0.1) is 18.7 Å². The van der Waals surface area contributed by atoms with Crippen LogP contribution < -0.4 is 5.32 Å². The summed E-state index contributed by atoms with van der Waals surface area (Å²) in [6.07, 6.45) is -0.389. The monoisotopic (exact) mass is 490 g/mol. The first-order chi connectivity index (χ1) is 16.1. The van der Waals surface area contributed by atoms with Crippen LogP contribution in [0.5, 0.6) is 0 Å². The smallest absolute Gasteiger partial charge is 0.410 e. The lowest BCUT2D eigenvalue weighted by Gasteiger charge is -2.39. The first-order valence-electron chi connectivity index (χ1n) is 11.5. The Morgan fingerprint density at radius 1 is 1.06 bits per heavy atom. The molecule has 1 saturated heterocycles. The van der Waals surface area contributed by atoms with Gasteiger partial charge in [0.15, 0.2) is 0 Å². The number of hydrogen-bond donors (Lipinski definition) is 1. The lowest BCUT2D eigenvalue weighted by Crippen LogP contribution is -2.51. The van der Waals surface area contributed by atoms with Crippen molar-refractivity contribution < 1.29 is 27.8 Å². The van der Waals surface area contributed by atoms with E-state index >= 15 is 0 Å². The third kappa shape index (κ3) is 7.55. The van der Waals surface area contributed by atoms with Gasteiger partial charge >= 0.3 is 12.2 Å². The molecule has 0 saturated carbocycles. The summed E-state index contributed by atoms with van der Waals surface area (Å²) in [5.41, 5.74) is 0.898. The number of alkyl carbamates (subject to hydrolysis) is 1. The average Bonchev–Trinajstić information content (AvgIpc) is 2.79. The van der Waals surface area contributed by atoms with E-state index in [1.165, 1.54) is 4.90 Å². The maximum Gasteiger partial charge on any atom is 0.410 e. The molecular weight excluding hydrogens is 458 g/mol. The van der Waals surface area contributed by atoms with Crippen LogP contribution in [-0.2, 0) is 16.1 Å². The fourth-order valence-corrected chi connectivity index (χ4v) is 4.56. The Hall–Kier alpha value is -2.94. The summed E-state index contributed by atoms with van der Waals surface area (Å²) >= 11 is 0. The van der Waals surface area contributed by atoms with Crippen molar-refractivity contribution in [2.75, 3.05) is 13.2 Å². The van der Waals surface area contributed by atoms with E-state index in [1.807, 2.05) is 30.3 Å². The van der Waals surface area contributed by atoms with Crippen molar-refractivity contribution >= 4 is 20.3 Å². The number of halogens is 2. The normalized spacial score (nSPS) is 18.3. The first-order valence-corrected chi connectivity index (χ1v) is 15.2. The average molecular weight is 491 g/mol. The van der Waals surface area contributed by atoms with Crippen LogP contribution in [0.1, 0.15) is 30.0 Å². The second-order valence-corrected chi connectivity index (χ2v) is 15.4. The molecule has 0 spiro atoms. The highest BCUT2D eigenvalue weighted by atomic mass is 28.3. The minimum atomic E-state index is -1.34. The van der Waals surface area contributed by atoms with Gasteiger partial charge < -0.3 is 14.8 Å². The molecule has 0 aromatic heterocycles. The molecule has 1 heterocycles. The summed E-state index contributed by atoms with van der Waals surface area (Å²) in [6.45, 7) is 7.07. The fourth-order valence-electron chi connectivity index (χ4n) is 3.84. The fraction of sp³-hybridized carbons (Fsp3) is 0.440. The van der Waals surface area contributed by atoms with E-state index in [-0.39, 0.29) is 18.7 Å². The molecule has 9 heteroatoms. The Bertz CT molecular complexity index is 985. The van der Waals surface area contributed by atoms with Crippen molar-refractivity contribution in [2.24, 2.45) is 0 Å². The molecule has 1 N–H and O–H groups in total. The van der Waals surface area contributed by atoms with E-state index in [0.717, 1.165) is 29.8 Å². The van der Waals surface area contributed by atoms with Crippen LogP contribution in [0, 0.1) is 11.6 Å². The number of rotatable bonds is 7. The summed E-state index contributed by atoms with van der Waals surface area (Å²) in [5.74, 6) is -1.18. The molecule has 2 amide bonds. The van der Waals surface area contributed by atoms with Gasteiger partial charge in [-0.2, -0.15) is 0 Å². The number of carbonyl (C=O) groups excluding carboxylic acids is 2. The second-order valence-electron chi connectivity index (χ2n) is 9.74. The molecule has 0 radical (unpaired) electrons. The minimum Gasteiger partial charge on any atom is -0.450 e. The zero-order chi connectivity index (χ0) is 24.7. The third-order valence-corrected chi connectivity index (χ3v) is 7.45. The van der Waals surface area contributed by atoms with Crippen LogP contribution in [0.25, 0.3) is 0 Å². The van der Waals surface area contributed by atoms with Crippen LogP contribution >= 0.6 is 0 Å². The van der Waals surface area contributed by atoms with E-state index < -0.39 is 44.0 Å². The van der Waals surface area contributed by atoms with E-state index in [1.54, 1.807) is 0 Å². The number of piperidine rings is 1. The number of nitrogens with zero attached hydrogens (tertiary/aromatic N) is 1. The number of likely N-dealkylation sites (tertiary alicyclic amines) is 1. The van der Waals surface area contributed by atoms with Crippen molar-refractivity contribution in [1.82, 2.24) is 10.2 Å². The first kappa shape index (κ1) is 25.7. The highest BCUT2D eigenvalue weighted by molar-refractivity contribution is 6.76. The highest BCUT2D eigenvalue weighted by Gasteiger charge is 2.36. The summed E-state index contributed by atoms with van der Waals surface area (Å²) in [4.78, 5) is 26.6. The molecule has 3 rings (SSSR count). The van der Waals surface area contributed by atoms with E-state index in [4.69, 9.17) is 9.47 Å². The Morgan fingerprint density at radius 3 is 2.50 bits per heavy atom. The molecule has 1 unspecified atom stereocenters. The summed E-state index contributed by atoms with van der Waals surface area (Å²) in [6, 6.07) is 12.1. The number of nitrogens with one attached hydrogen (secondary N) is 1. The Morgan fingerprint density at radius 2 is 1.79 bits per heavy atom. The van der Waals surface area contributed by atoms with Crippen molar-refractivity contribution in [3.63, 3.8) is 0 Å². The SMILES string of the molecule is C[Si](C)(C)CCOC(=O)NC1CC[C@H](c2cc(F)ccc2F)N(C(=O)OCc2ccccc2)C1. The van der Waals surface area contributed by atoms with Crippen molar-refractivity contribution in [3.05, 3.63) is 71.3 Å². The summed E-state index contributed by atoms with van der Waals surface area (Å²) in [7, 11) is -1.34. The van der Waals surface area contributed by atoms with Gasteiger partial charge in [-0.05, 0) is 42.6 Å². The van der Waals surface area contributed by atoms with Gasteiger partial charge in [-0.3, -0.25) is 4.90 Å². The lowest BCUT2D eigenvalue weighted by molar-refractivity contribution is 0.0572. The summed E-state index contributed by atoms with van der Waals surface area (Å²) in [5, 5.41) is 2.80. The molecular formula is C25H32F2N2O4Si. The molecule has 0 bridgehead atoms. The van der Waals surface area contributed by atoms with Gasteiger partial charge in [0.25, 0.3) is 0 Å². The number of hydrogen-bond acceptors (Lipinski definition) is 4. The Balaban J connectivity index is 1.69. The van der Waals surface area contributed by atoms with Crippen LogP contribution in [0.4, 0.5) is 18.4 Å². The lowest BCUT2D eigenvalue weighted by atomic mass is 9.92. The molecule has 2 aromatic carbocycles. The van der Waals surface area contributed by atoms with Gasteiger partial charge in [-0.25, -0.2) is 18.4 Å². The summed E-state index contributed by atoms with van der Waals surface area (Å²) < 4.78 is 39.2. The maximum atomic E-state index is 14.6. The zero-order valence-corrected chi connectivity index (χ0v) is 20.9. The van der Waals surface area contributed by atoms with Gasteiger partial charge in [0, 0.05) is 20.2 Å². The van der Waals surface area contributed by atoms with E-state index in [0.29, 0.717) is 19.4 Å². The molecule has 2 atom stereocenters. The van der Waals surface area contributed by atoms with E-state index in [9.17, 15) is 18.4 Å². The van der Waals surface area contributed by atoms with Crippen molar-refractivity contribution in [1.29, 1.82) is 0 Å². The number of benzene rings is 2. The topological polar surface area (TPSA) is 67.9 Å². The van der Waals surface area contributed by atoms with Crippen molar-refractivity contribution in [2.45, 2.75) is 57.2 Å². The van der Waals surface area contributed by atoms with E-state index in [2.05, 4.69) is 25.0 Å². The Labute approximate surface area is 200 Å². The van der Waals surface area contributed by atoms with Gasteiger partial charge in [0.1, 0.15) is 18.2 Å². The second kappa shape index (κ2) is 11.5. The third-order valence-electron chi connectivity index (χ3n) is 5.75. The molecule has 1 fully saturated rings. The van der Waals surface area contributed by atoms with Crippen LogP contribution in [-0.4, -0.2) is 44.4 Å².